The average molecular weight is 351 g/mol. The number of rotatable bonds is 4. The Morgan fingerprint density at radius 2 is 1.46 bits per heavy atom. The summed E-state index contributed by atoms with van der Waals surface area (Å²) in [4.78, 5) is 0. The molecule has 0 amide bonds. The minimum Gasteiger partial charge on any atom is -0.508 e. The topological polar surface area (TPSA) is 40.5 Å². The second kappa shape index (κ2) is 7.57. The monoisotopic (exact) mass is 350 g/mol. The molecular formula is C24H30O2. The van der Waals surface area contributed by atoms with Crippen molar-refractivity contribution in [2.45, 2.75) is 64.7 Å². The lowest BCUT2D eigenvalue weighted by Gasteiger charge is -2.24. The second-order valence-corrected chi connectivity index (χ2v) is 8.10. The molecular weight excluding hydrogens is 320 g/mol. The molecule has 2 N–H and O–H groups in total. The molecule has 0 saturated carbocycles. The first-order valence-electron chi connectivity index (χ1n) is 9.72. The van der Waals surface area contributed by atoms with Crippen molar-refractivity contribution < 1.29 is 10.2 Å². The maximum atomic E-state index is 10.6. The van der Waals surface area contributed by atoms with E-state index in [1.807, 2.05) is 12.1 Å². The number of hydrogen-bond acceptors (Lipinski definition) is 2. The van der Waals surface area contributed by atoms with Crippen molar-refractivity contribution in [2.75, 3.05) is 0 Å². The van der Waals surface area contributed by atoms with Gasteiger partial charge in [0, 0.05) is 0 Å². The molecule has 1 aliphatic rings. The molecule has 3 rings (SSSR count). The molecule has 0 fully saturated rings. The van der Waals surface area contributed by atoms with Crippen molar-refractivity contribution in [3.8, 4) is 11.5 Å². The van der Waals surface area contributed by atoms with Crippen molar-refractivity contribution in [1.29, 1.82) is 0 Å². The fraction of sp³-hybridized carbons (Fsp3) is 0.417. The van der Waals surface area contributed by atoms with Gasteiger partial charge in [0.2, 0.25) is 0 Å². The number of hydrogen-bond donors (Lipinski definition) is 2. The Bertz CT molecular complexity index is 768. The van der Waals surface area contributed by atoms with Gasteiger partial charge in [-0.3, -0.25) is 0 Å². The summed E-state index contributed by atoms with van der Waals surface area (Å²) in [5, 5.41) is 20.1. The molecule has 0 saturated heterocycles. The Balaban J connectivity index is 1.89. The van der Waals surface area contributed by atoms with E-state index in [-0.39, 0.29) is 0 Å². The van der Waals surface area contributed by atoms with Gasteiger partial charge in [-0.1, -0.05) is 45.9 Å². The van der Waals surface area contributed by atoms with Crippen LogP contribution in [0.15, 0.2) is 42.5 Å². The summed E-state index contributed by atoms with van der Waals surface area (Å²) < 4.78 is 0. The Morgan fingerprint density at radius 3 is 1.92 bits per heavy atom. The molecule has 0 aromatic heterocycles. The summed E-state index contributed by atoms with van der Waals surface area (Å²) in [6.45, 7) is 8.55. The Hall–Kier alpha value is -2.22. The molecule has 2 aromatic rings. The number of allylic oxidation sites excluding steroid dienone is 2. The average Bonchev–Trinajstić information content (AvgIpc) is 2.62. The molecule has 2 heteroatoms. The normalized spacial score (nSPS) is 17.6. The van der Waals surface area contributed by atoms with E-state index in [4.69, 9.17) is 0 Å². The van der Waals surface area contributed by atoms with Crippen LogP contribution in [0, 0.1) is 0 Å². The molecule has 1 unspecified atom stereocenters. The quantitative estimate of drug-likeness (QED) is 0.644. The molecule has 2 aromatic carbocycles. The molecule has 0 radical (unpaired) electrons. The van der Waals surface area contributed by atoms with Gasteiger partial charge in [-0.2, -0.15) is 0 Å². The van der Waals surface area contributed by atoms with Crippen LogP contribution >= 0.6 is 0 Å². The SMILES string of the molecule is CC(C)c1cc(C2=CCC(c3ccc(O)cc3)CC2)cc(C(C)C)c1O. The van der Waals surface area contributed by atoms with Gasteiger partial charge in [0.15, 0.2) is 0 Å². The fourth-order valence-electron chi connectivity index (χ4n) is 3.89. The molecule has 1 atom stereocenters. The van der Waals surface area contributed by atoms with E-state index >= 15 is 0 Å². The van der Waals surface area contributed by atoms with Gasteiger partial charge < -0.3 is 10.2 Å². The molecule has 0 aliphatic heterocycles. The summed E-state index contributed by atoms with van der Waals surface area (Å²) in [7, 11) is 0. The van der Waals surface area contributed by atoms with Crippen LogP contribution in [-0.2, 0) is 0 Å². The van der Waals surface area contributed by atoms with Gasteiger partial charge >= 0.3 is 0 Å². The predicted octanol–water partition coefficient (Wildman–Crippen LogP) is 6.70. The predicted molar refractivity (Wildman–Crippen MR) is 109 cm³/mol. The van der Waals surface area contributed by atoms with Crippen LogP contribution in [-0.4, -0.2) is 10.2 Å². The van der Waals surface area contributed by atoms with Crippen molar-refractivity contribution >= 4 is 5.57 Å². The zero-order valence-electron chi connectivity index (χ0n) is 16.3. The molecule has 0 bridgehead atoms. The van der Waals surface area contributed by atoms with Gasteiger partial charge in [0.05, 0.1) is 0 Å². The largest absolute Gasteiger partial charge is 0.508 e. The van der Waals surface area contributed by atoms with E-state index in [1.165, 1.54) is 16.7 Å². The van der Waals surface area contributed by atoms with E-state index in [1.54, 1.807) is 12.1 Å². The van der Waals surface area contributed by atoms with Crippen LogP contribution in [0.4, 0.5) is 0 Å². The summed E-state index contributed by atoms with van der Waals surface area (Å²) in [5.41, 5.74) is 6.05. The first-order valence-corrected chi connectivity index (χ1v) is 9.72. The van der Waals surface area contributed by atoms with Crippen LogP contribution in [0.25, 0.3) is 5.57 Å². The summed E-state index contributed by atoms with van der Waals surface area (Å²) in [6.07, 6.45) is 5.55. The van der Waals surface area contributed by atoms with Gasteiger partial charge in [-0.15, -0.1) is 0 Å². The molecule has 26 heavy (non-hydrogen) atoms. The van der Waals surface area contributed by atoms with Crippen molar-refractivity contribution in [3.63, 3.8) is 0 Å². The van der Waals surface area contributed by atoms with Crippen LogP contribution in [0.1, 0.15) is 87.0 Å². The lowest BCUT2D eigenvalue weighted by Crippen LogP contribution is -2.05. The molecule has 0 spiro atoms. The minimum atomic E-state index is 0.307. The highest BCUT2D eigenvalue weighted by Crippen LogP contribution is 2.41. The number of phenols is 2. The minimum absolute atomic E-state index is 0.307. The summed E-state index contributed by atoms with van der Waals surface area (Å²) in [5.74, 6) is 1.93. The highest BCUT2D eigenvalue weighted by molar-refractivity contribution is 5.69. The van der Waals surface area contributed by atoms with Gasteiger partial charge in [0.1, 0.15) is 11.5 Å². The smallest absolute Gasteiger partial charge is 0.122 e. The van der Waals surface area contributed by atoms with E-state index < -0.39 is 0 Å². The summed E-state index contributed by atoms with van der Waals surface area (Å²) in [6, 6.07) is 12.0. The standard InChI is InChI=1S/C24H30O2/c1-15(2)22-13-20(14-23(16(3)4)24(22)26)19-7-5-17(6-8-19)18-9-11-21(25)12-10-18/h7,9-17,25-26H,5-6,8H2,1-4H3. The lowest BCUT2D eigenvalue weighted by atomic mass is 9.81. The molecule has 138 valence electrons. The number of aromatic hydroxyl groups is 2. The number of phenolic OH excluding ortho intramolecular Hbond substituents is 2. The zero-order chi connectivity index (χ0) is 18.8. The zero-order valence-corrected chi connectivity index (χ0v) is 16.3. The first kappa shape index (κ1) is 18.6. The van der Waals surface area contributed by atoms with Crippen molar-refractivity contribution in [3.05, 3.63) is 64.7 Å². The lowest BCUT2D eigenvalue weighted by molar-refractivity contribution is 0.454. The van der Waals surface area contributed by atoms with E-state index in [0.29, 0.717) is 29.3 Å². The molecule has 2 nitrogen and oxygen atoms in total. The van der Waals surface area contributed by atoms with Crippen molar-refractivity contribution in [2.24, 2.45) is 0 Å². The Kier molecular flexibility index (Phi) is 5.41. The Morgan fingerprint density at radius 1 is 0.885 bits per heavy atom. The highest BCUT2D eigenvalue weighted by Gasteiger charge is 2.20. The van der Waals surface area contributed by atoms with Crippen LogP contribution in [0.2, 0.25) is 0 Å². The third-order valence-electron chi connectivity index (χ3n) is 5.56. The second-order valence-electron chi connectivity index (χ2n) is 8.10. The first-order chi connectivity index (χ1) is 12.4. The maximum absolute atomic E-state index is 10.6. The molecule has 1 aliphatic carbocycles. The van der Waals surface area contributed by atoms with E-state index in [0.717, 1.165) is 30.4 Å². The highest BCUT2D eigenvalue weighted by atomic mass is 16.3. The van der Waals surface area contributed by atoms with Crippen LogP contribution < -0.4 is 0 Å². The third-order valence-corrected chi connectivity index (χ3v) is 5.56. The maximum Gasteiger partial charge on any atom is 0.122 e. The molecule has 0 heterocycles. The van der Waals surface area contributed by atoms with E-state index in [9.17, 15) is 10.2 Å². The van der Waals surface area contributed by atoms with Gasteiger partial charge in [-0.05, 0) is 89.1 Å². The Labute approximate surface area is 157 Å². The number of benzene rings is 2. The van der Waals surface area contributed by atoms with E-state index in [2.05, 4.69) is 45.9 Å². The van der Waals surface area contributed by atoms with Crippen LogP contribution in [0.3, 0.4) is 0 Å². The van der Waals surface area contributed by atoms with Crippen molar-refractivity contribution in [1.82, 2.24) is 0 Å². The van der Waals surface area contributed by atoms with Gasteiger partial charge in [-0.25, -0.2) is 0 Å². The van der Waals surface area contributed by atoms with Gasteiger partial charge in [0.25, 0.3) is 0 Å². The van der Waals surface area contributed by atoms with Crippen LogP contribution in [0.5, 0.6) is 11.5 Å². The third kappa shape index (κ3) is 3.80. The fourth-order valence-corrected chi connectivity index (χ4v) is 3.89. The summed E-state index contributed by atoms with van der Waals surface area (Å²) >= 11 is 0.